The van der Waals surface area contributed by atoms with E-state index in [9.17, 15) is 4.79 Å². The maximum absolute atomic E-state index is 12.2. The van der Waals surface area contributed by atoms with Crippen LogP contribution in [0.1, 0.15) is 24.0 Å². The minimum Gasteiger partial charge on any atom is -0.410 e. The molecule has 2 aliphatic heterocycles. The molecule has 2 heterocycles. The summed E-state index contributed by atoms with van der Waals surface area (Å²) in [5, 5.41) is 3.41. The maximum Gasteiger partial charge on any atom is 0.417 e. The van der Waals surface area contributed by atoms with E-state index in [0.717, 1.165) is 43.6 Å². The summed E-state index contributed by atoms with van der Waals surface area (Å²) in [6, 6.07) is 12.7. The number of nitrogens with zero attached hydrogens (tertiary/aromatic N) is 1. The molecule has 0 aliphatic carbocycles. The number of anilines is 1. The van der Waals surface area contributed by atoms with E-state index in [1.807, 2.05) is 31.2 Å². The minimum absolute atomic E-state index is 0.349. The number of ether oxygens (including phenoxy) is 2. The molecule has 2 aromatic rings. The topological polar surface area (TPSA) is 50.8 Å². The Bertz CT molecular complexity index is 816. The van der Waals surface area contributed by atoms with E-state index in [4.69, 9.17) is 21.1 Å². The van der Waals surface area contributed by atoms with Gasteiger partial charge >= 0.3 is 6.09 Å². The number of morpholine rings is 1. The molecule has 1 amide bonds. The number of amides is 1. The van der Waals surface area contributed by atoms with Gasteiger partial charge in [-0.05, 0) is 55.2 Å². The molecule has 2 saturated heterocycles. The first-order valence-corrected chi connectivity index (χ1v) is 9.65. The van der Waals surface area contributed by atoms with Crippen LogP contribution in [0.5, 0.6) is 5.75 Å². The second-order valence-corrected chi connectivity index (χ2v) is 7.63. The van der Waals surface area contributed by atoms with Crippen LogP contribution in [0.3, 0.4) is 0 Å². The summed E-state index contributed by atoms with van der Waals surface area (Å²) in [6.45, 7) is 4.70. The van der Waals surface area contributed by atoms with Gasteiger partial charge in [-0.3, -0.25) is 10.2 Å². The SMILES string of the molecule is Cc1c(Cl)cc(NC(=O)Oc2ccccc2)cc1CN1CC2CCC(C1)O2. The molecule has 4 rings (SSSR count). The van der Waals surface area contributed by atoms with Crippen molar-refractivity contribution < 1.29 is 14.3 Å². The summed E-state index contributed by atoms with van der Waals surface area (Å²) in [5.74, 6) is 0.497. The third kappa shape index (κ3) is 4.43. The molecule has 142 valence electrons. The number of rotatable bonds is 4. The number of carbonyl (C=O) groups excluding carboxylic acids is 1. The highest BCUT2D eigenvalue weighted by Gasteiger charge is 2.33. The Morgan fingerprint density at radius 3 is 2.63 bits per heavy atom. The molecule has 5 nitrogen and oxygen atoms in total. The monoisotopic (exact) mass is 386 g/mol. The van der Waals surface area contributed by atoms with Crippen LogP contribution in [0.15, 0.2) is 42.5 Å². The van der Waals surface area contributed by atoms with Gasteiger partial charge in [0.1, 0.15) is 5.75 Å². The number of benzene rings is 2. The third-order valence-electron chi connectivity index (χ3n) is 5.17. The van der Waals surface area contributed by atoms with Crippen LogP contribution in [0.4, 0.5) is 10.5 Å². The van der Waals surface area contributed by atoms with Crippen LogP contribution < -0.4 is 10.1 Å². The summed E-state index contributed by atoms with van der Waals surface area (Å²) in [5.41, 5.74) is 2.79. The van der Waals surface area contributed by atoms with E-state index in [1.165, 1.54) is 0 Å². The predicted octanol–water partition coefficient (Wildman–Crippen LogP) is 4.62. The zero-order chi connectivity index (χ0) is 18.8. The van der Waals surface area contributed by atoms with Crippen LogP contribution in [0.2, 0.25) is 5.02 Å². The normalized spacial score (nSPS) is 21.9. The molecule has 6 heteroatoms. The summed E-state index contributed by atoms with van der Waals surface area (Å²) < 4.78 is 11.2. The lowest BCUT2D eigenvalue weighted by Gasteiger charge is -2.32. The van der Waals surface area contributed by atoms with Crippen LogP contribution in [0.25, 0.3) is 0 Å². The Labute approximate surface area is 164 Å². The van der Waals surface area contributed by atoms with Crippen molar-refractivity contribution >= 4 is 23.4 Å². The number of nitrogens with one attached hydrogen (secondary N) is 1. The molecular formula is C21H23ClN2O3. The van der Waals surface area contributed by atoms with Gasteiger partial charge in [0.05, 0.1) is 12.2 Å². The Balaban J connectivity index is 1.45. The fraction of sp³-hybridized carbons (Fsp3) is 0.381. The van der Waals surface area contributed by atoms with E-state index >= 15 is 0 Å². The molecule has 0 aromatic heterocycles. The van der Waals surface area contributed by atoms with Gasteiger partial charge in [-0.1, -0.05) is 29.8 Å². The highest BCUT2D eigenvalue weighted by atomic mass is 35.5. The summed E-state index contributed by atoms with van der Waals surface area (Å²) in [6.07, 6.45) is 2.46. The summed E-state index contributed by atoms with van der Waals surface area (Å²) in [7, 11) is 0. The lowest BCUT2D eigenvalue weighted by molar-refractivity contribution is -0.0411. The Kier molecular flexibility index (Phi) is 5.34. The molecule has 0 saturated carbocycles. The summed E-state index contributed by atoms with van der Waals surface area (Å²) >= 11 is 6.41. The van der Waals surface area contributed by atoms with Gasteiger partial charge in [-0.25, -0.2) is 4.79 Å². The maximum atomic E-state index is 12.2. The molecule has 0 radical (unpaired) electrons. The average molecular weight is 387 g/mol. The Morgan fingerprint density at radius 1 is 1.22 bits per heavy atom. The molecule has 2 aliphatic rings. The van der Waals surface area contributed by atoms with Crippen LogP contribution in [-0.2, 0) is 11.3 Å². The number of hydrogen-bond donors (Lipinski definition) is 1. The van der Waals surface area contributed by atoms with E-state index < -0.39 is 6.09 Å². The first kappa shape index (κ1) is 18.3. The minimum atomic E-state index is -0.531. The standard InChI is InChI=1S/C21H23ClN2O3/c1-14-15(11-24-12-18-7-8-19(13-24)26-18)9-16(10-20(14)22)23-21(25)27-17-5-3-2-4-6-17/h2-6,9-10,18-19H,7-8,11-13H2,1H3,(H,23,25). The second-order valence-electron chi connectivity index (χ2n) is 7.22. The number of para-hydroxylation sites is 1. The van der Waals surface area contributed by atoms with Gasteiger partial charge < -0.3 is 9.47 Å². The van der Waals surface area contributed by atoms with Crippen molar-refractivity contribution in [2.75, 3.05) is 18.4 Å². The molecule has 2 atom stereocenters. The van der Waals surface area contributed by atoms with Crippen LogP contribution >= 0.6 is 11.6 Å². The molecule has 0 spiro atoms. The van der Waals surface area contributed by atoms with Gasteiger partial charge in [-0.15, -0.1) is 0 Å². The van der Waals surface area contributed by atoms with Crippen LogP contribution in [-0.4, -0.2) is 36.3 Å². The van der Waals surface area contributed by atoms with Crippen molar-refractivity contribution in [2.45, 2.75) is 38.5 Å². The molecule has 1 N–H and O–H groups in total. The fourth-order valence-corrected chi connectivity index (χ4v) is 4.02. The highest BCUT2D eigenvalue weighted by molar-refractivity contribution is 6.31. The number of fused-ring (bicyclic) bond motifs is 2. The van der Waals surface area contributed by atoms with E-state index in [0.29, 0.717) is 28.7 Å². The number of hydrogen-bond acceptors (Lipinski definition) is 4. The molecule has 2 aromatic carbocycles. The van der Waals surface area contributed by atoms with Crippen molar-refractivity contribution in [3.8, 4) is 5.75 Å². The third-order valence-corrected chi connectivity index (χ3v) is 5.56. The molecule has 2 unspecified atom stereocenters. The Morgan fingerprint density at radius 2 is 1.93 bits per heavy atom. The largest absolute Gasteiger partial charge is 0.417 e. The zero-order valence-electron chi connectivity index (χ0n) is 15.3. The average Bonchev–Trinajstić information content (AvgIpc) is 2.98. The fourth-order valence-electron chi connectivity index (χ4n) is 3.78. The molecule has 2 fully saturated rings. The van der Waals surface area contributed by atoms with Crippen molar-refractivity contribution in [2.24, 2.45) is 0 Å². The van der Waals surface area contributed by atoms with E-state index in [-0.39, 0.29) is 0 Å². The lowest BCUT2D eigenvalue weighted by atomic mass is 10.1. The first-order valence-electron chi connectivity index (χ1n) is 9.27. The van der Waals surface area contributed by atoms with Gasteiger partial charge in [0.2, 0.25) is 0 Å². The van der Waals surface area contributed by atoms with Gasteiger partial charge in [0.15, 0.2) is 0 Å². The van der Waals surface area contributed by atoms with Crippen molar-refractivity contribution in [3.05, 3.63) is 58.6 Å². The quantitative estimate of drug-likeness (QED) is 0.832. The predicted molar refractivity (Wildman–Crippen MR) is 105 cm³/mol. The zero-order valence-corrected chi connectivity index (χ0v) is 16.0. The van der Waals surface area contributed by atoms with Gasteiger partial charge in [0, 0.05) is 30.3 Å². The molecule has 2 bridgehead atoms. The smallest absolute Gasteiger partial charge is 0.410 e. The number of halogens is 1. The second kappa shape index (κ2) is 7.89. The van der Waals surface area contributed by atoms with Gasteiger partial charge in [0.25, 0.3) is 0 Å². The van der Waals surface area contributed by atoms with Gasteiger partial charge in [-0.2, -0.15) is 0 Å². The number of likely N-dealkylation sites (tertiary alicyclic amines) is 1. The van der Waals surface area contributed by atoms with E-state index in [1.54, 1.807) is 18.2 Å². The highest BCUT2D eigenvalue weighted by Crippen LogP contribution is 2.30. The summed E-state index contributed by atoms with van der Waals surface area (Å²) in [4.78, 5) is 14.6. The molecule has 27 heavy (non-hydrogen) atoms. The van der Waals surface area contributed by atoms with Crippen molar-refractivity contribution in [1.29, 1.82) is 0 Å². The van der Waals surface area contributed by atoms with E-state index in [2.05, 4.69) is 10.2 Å². The Hall–Kier alpha value is -2.08. The van der Waals surface area contributed by atoms with Crippen molar-refractivity contribution in [3.63, 3.8) is 0 Å². The van der Waals surface area contributed by atoms with Crippen molar-refractivity contribution in [1.82, 2.24) is 4.90 Å². The first-order chi connectivity index (χ1) is 13.1. The van der Waals surface area contributed by atoms with Crippen LogP contribution in [0, 0.1) is 6.92 Å². The lowest BCUT2D eigenvalue weighted by Crippen LogP contribution is -2.42. The molecular weight excluding hydrogens is 364 g/mol. The number of carbonyl (C=O) groups is 1.